The first-order valence-corrected chi connectivity index (χ1v) is 6.58. The van der Waals surface area contributed by atoms with Gasteiger partial charge < -0.3 is 10.5 Å². The molecule has 2 aromatic rings. The number of ether oxygens (including phenoxy) is 1. The van der Waals surface area contributed by atoms with Crippen molar-refractivity contribution >= 4 is 0 Å². The number of nitrogens with two attached hydrogens (primary N) is 1. The van der Waals surface area contributed by atoms with Crippen LogP contribution in [0.15, 0.2) is 36.4 Å². The van der Waals surface area contributed by atoms with Gasteiger partial charge in [0, 0.05) is 6.54 Å². The molecule has 2 nitrogen and oxygen atoms in total. The average Bonchev–Trinajstić information content (AvgIpc) is 2.41. The molecule has 2 rings (SSSR count). The Morgan fingerprint density at radius 3 is 2.21 bits per heavy atom. The lowest BCUT2D eigenvalue weighted by atomic mass is 10.1. The number of hydrogen-bond acceptors (Lipinski definition) is 2. The molecule has 0 aromatic heterocycles. The van der Waals surface area contributed by atoms with Crippen molar-refractivity contribution in [3.05, 3.63) is 64.2 Å². The Balaban J connectivity index is 2.09. The normalized spacial score (nSPS) is 10.5. The third-order valence-electron chi connectivity index (χ3n) is 3.42. The van der Waals surface area contributed by atoms with Gasteiger partial charge in [0.1, 0.15) is 12.4 Å². The van der Waals surface area contributed by atoms with Crippen molar-refractivity contribution in [1.29, 1.82) is 0 Å². The van der Waals surface area contributed by atoms with Crippen molar-refractivity contribution in [2.75, 3.05) is 0 Å². The fourth-order valence-electron chi connectivity index (χ4n) is 2.08. The van der Waals surface area contributed by atoms with E-state index in [1.165, 1.54) is 16.7 Å². The summed E-state index contributed by atoms with van der Waals surface area (Å²) in [6.07, 6.45) is 0. The second kappa shape index (κ2) is 5.89. The first kappa shape index (κ1) is 13.6. The summed E-state index contributed by atoms with van der Waals surface area (Å²) < 4.78 is 5.93. The highest BCUT2D eigenvalue weighted by atomic mass is 16.5. The zero-order valence-corrected chi connectivity index (χ0v) is 11.9. The second-order valence-corrected chi connectivity index (χ2v) is 5.01. The Bertz CT molecular complexity index is 558. The molecule has 0 amide bonds. The molecule has 0 heterocycles. The molecule has 0 saturated heterocycles. The van der Waals surface area contributed by atoms with E-state index in [1.807, 2.05) is 12.1 Å². The maximum absolute atomic E-state index is 5.93. The van der Waals surface area contributed by atoms with Crippen LogP contribution in [0.5, 0.6) is 5.75 Å². The molecule has 0 aliphatic carbocycles. The van der Waals surface area contributed by atoms with Crippen molar-refractivity contribution < 1.29 is 4.74 Å². The molecule has 0 fully saturated rings. The maximum atomic E-state index is 5.93. The monoisotopic (exact) mass is 255 g/mol. The van der Waals surface area contributed by atoms with Gasteiger partial charge in [0.15, 0.2) is 0 Å². The minimum atomic E-state index is 0.581. The van der Waals surface area contributed by atoms with Crippen LogP contribution in [-0.2, 0) is 13.2 Å². The third kappa shape index (κ3) is 3.36. The van der Waals surface area contributed by atoms with E-state index in [0.717, 1.165) is 16.9 Å². The van der Waals surface area contributed by atoms with Gasteiger partial charge in [-0.1, -0.05) is 30.3 Å². The van der Waals surface area contributed by atoms with Crippen LogP contribution in [-0.4, -0.2) is 0 Å². The molecule has 0 radical (unpaired) electrons. The van der Waals surface area contributed by atoms with Crippen LogP contribution in [0, 0.1) is 20.8 Å². The summed E-state index contributed by atoms with van der Waals surface area (Å²) in [6.45, 7) is 7.48. The summed E-state index contributed by atoms with van der Waals surface area (Å²) >= 11 is 0. The van der Waals surface area contributed by atoms with E-state index in [0.29, 0.717) is 13.2 Å². The van der Waals surface area contributed by atoms with E-state index in [4.69, 9.17) is 10.5 Å². The highest BCUT2D eigenvalue weighted by Crippen LogP contribution is 2.24. The fourth-order valence-corrected chi connectivity index (χ4v) is 2.08. The van der Waals surface area contributed by atoms with Gasteiger partial charge in [0.25, 0.3) is 0 Å². The van der Waals surface area contributed by atoms with Gasteiger partial charge in [-0.05, 0) is 54.7 Å². The molecular formula is C17H21NO. The third-order valence-corrected chi connectivity index (χ3v) is 3.42. The lowest BCUT2D eigenvalue weighted by molar-refractivity contribution is 0.303. The maximum Gasteiger partial charge on any atom is 0.123 e. The smallest absolute Gasteiger partial charge is 0.123 e. The number of aryl methyl sites for hydroxylation is 2. The predicted molar refractivity (Wildman–Crippen MR) is 79.3 cm³/mol. The van der Waals surface area contributed by atoms with E-state index >= 15 is 0 Å². The molecule has 0 unspecified atom stereocenters. The summed E-state index contributed by atoms with van der Waals surface area (Å²) in [5.41, 5.74) is 11.6. The zero-order chi connectivity index (χ0) is 13.8. The molecule has 100 valence electrons. The summed E-state index contributed by atoms with van der Waals surface area (Å²) in [6, 6.07) is 12.5. The summed E-state index contributed by atoms with van der Waals surface area (Å²) in [4.78, 5) is 0. The van der Waals surface area contributed by atoms with E-state index in [-0.39, 0.29) is 0 Å². The van der Waals surface area contributed by atoms with Crippen molar-refractivity contribution in [3.8, 4) is 5.75 Å². The van der Waals surface area contributed by atoms with E-state index in [1.54, 1.807) is 0 Å². The summed E-state index contributed by atoms with van der Waals surface area (Å²) in [5.74, 6) is 0.973. The zero-order valence-electron chi connectivity index (χ0n) is 11.9. The largest absolute Gasteiger partial charge is 0.489 e. The first-order valence-electron chi connectivity index (χ1n) is 6.58. The van der Waals surface area contributed by atoms with Crippen molar-refractivity contribution in [3.63, 3.8) is 0 Å². The Morgan fingerprint density at radius 2 is 1.58 bits per heavy atom. The van der Waals surface area contributed by atoms with Crippen molar-refractivity contribution in [2.45, 2.75) is 33.9 Å². The lowest BCUT2D eigenvalue weighted by Crippen LogP contribution is -2.00. The molecule has 0 bridgehead atoms. The predicted octanol–water partition coefficient (Wildman–Crippen LogP) is 3.65. The van der Waals surface area contributed by atoms with Crippen LogP contribution < -0.4 is 10.5 Å². The molecule has 0 spiro atoms. The molecule has 0 saturated carbocycles. The second-order valence-electron chi connectivity index (χ2n) is 5.01. The van der Waals surface area contributed by atoms with Gasteiger partial charge in [0.05, 0.1) is 0 Å². The van der Waals surface area contributed by atoms with Gasteiger partial charge in [-0.3, -0.25) is 0 Å². The average molecular weight is 255 g/mol. The van der Waals surface area contributed by atoms with Gasteiger partial charge in [-0.2, -0.15) is 0 Å². The molecule has 0 atom stereocenters. The number of benzene rings is 2. The highest BCUT2D eigenvalue weighted by molar-refractivity contribution is 5.42. The number of rotatable bonds is 4. The summed E-state index contributed by atoms with van der Waals surface area (Å²) in [5, 5.41) is 0. The standard InChI is InChI=1S/C17H21NO/c1-12-8-13(2)14(3)17(9-12)19-11-16-6-4-15(10-18)5-7-16/h4-9H,10-11,18H2,1-3H3. The quantitative estimate of drug-likeness (QED) is 0.905. The van der Waals surface area contributed by atoms with Crippen LogP contribution in [0.4, 0.5) is 0 Å². The van der Waals surface area contributed by atoms with Crippen LogP contribution in [0.2, 0.25) is 0 Å². The molecule has 2 N–H and O–H groups in total. The van der Waals surface area contributed by atoms with E-state index in [9.17, 15) is 0 Å². The van der Waals surface area contributed by atoms with E-state index < -0.39 is 0 Å². The van der Waals surface area contributed by atoms with E-state index in [2.05, 4.69) is 45.0 Å². The Hall–Kier alpha value is -1.80. The molecule has 0 aliphatic rings. The van der Waals surface area contributed by atoms with Gasteiger partial charge >= 0.3 is 0 Å². The minimum Gasteiger partial charge on any atom is -0.489 e. The van der Waals surface area contributed by atoms with Gasteiger partial charge in [0.2, 0.25) is 0 Å². The Labute approximate surface area is 115 Å². The van der Waals surface area contributed by atoms with Crippen molar-refractivity contribution in [2.24, 2.45) is 5.73 Å². The number of hydrogen-bond donors (Lipinski definition) is 1. The molecule has 2 heteroatoms. The molecule has 0 aliphatic heterocycles. The topological polar surface area (TPSA) is 35.2 Å². The Kier molecular flexibility index (Phi) is 4.23. The first-order chi connectivity index (χ1) is 9.10. The highest BCUT2D eigenvalue weighted by Gasteiger charge is 2.04. The lowest BCUT2D eigenvalue weighted by Gasteiger charge is -2.12. The Morgan fingerprint density at radius 1 is 0.947 bits per heavy atom. The van der Waals surface area contributed by atoms with Crippen LogP contribution in [0.25, 0.3) is 0 Å². The van der Waals surface area contributed by atoms with Crippen LogP contribution in [0.1, 0.15) is 27.8 Å². The fraction of sp³-hybridized carbons (Fsp3) is 0.294. The molecule has 2 aromatic carbocycles. The summed E-state index contributed by atoms with van der Waals surface area (Å²) in [7, 11) is 0. The SMILES string of the molecule is Cc1cc(C)c(C)c(OCc2ccc(CN)cc2)c1. The van der Waals surface area contributed by atoms with Gasteiger partial charge in [-0.25, -0.2) is 0 Å². The minimum absolute atomic E-state index is 0.581. The van der Waals surface area contributed by atoms with Crippen LogP contribution in [0.3, 0.4) is 0 Å². The van der Waals surface area contributed by atoms with Crippen LogP contribution >= 0.6 is 0 Å². The van der Waals surface area contributed by atoms with Crippen molar-refractivity contribution in [1.82, 2.24) is 0 Å². The molecule has 19 heavy (non-hydrogen) atoms. The molecular weight excluding hydrogens is 234 g/mol. The van der Waals surface area contributed by atoms with Gasteiger partial charge in [-0.15, -0.1) is 0 Å².